The van der Waals surface area contributed by atoms with Gasteiger partial charge in [-0.05, 0) is 23.1 Å². The Kier molecular flexibility index (Phi) is 8.89. The molecular weight excluding hydrogens is 588 g/mol. The lowest BCUT2D eigenvalue weighted by Crippen LogP contribution is -2.12. The molecule has 1 aliphatic heterocycles. The van der Waals surface area contributed by atoms with Crippen LogP contribution in [0, 0.1) is 0 Å². The molecule has 0 atom stereocenters. The quantitative estimate of drug-likeness (QED) is 0.193. The van der Waals surface area contributed by atoms with Crippen LogP contribution in [0.2, 0.25) is 0 Å². The van der Waals surface area contributed by atoms with Gasteiger partial charge in [0, 0.05) is 55.6 Å². The van der Waals surface area contributed by atoms with Crippen LogP contribution in [0.1, 0.15) is 37.5 Å². The highest BCUT2D eigenvalue weighted by Gasteiger charge is 2.27. The Labute approximate surface area is 277 Å². The molecule has 1 aliphatic rings. The van der Waals surface area contributed by atoms with Gasteiger partial charge in [-0.2, -0.15) is 0 Å². The van der Waals surface area contributed by atoms with Crippen molar-refractivity contribution in [2.75, 3.05) is 35.5 Å². The second-order valence-corrected chi connectivity index (χ2v) is 12.6. The molecule has 6 nitrogen and oxygen atoms in total. The molecule has 1 heterocycles. The largest absolute Gasteiger partial charge is 0.496 e. The lowest BCUT2D eigenvalue weighted by molar-refractivity contribution is 0.104. The summed E-state index contributed by atoms with van der Waals surface area (Å²) in [5.74, 6) is 3.64. The first-order valence-corrected chi connectivity index (χ1v) is 15.7. The van der Waals surface area contributed by atoms with Gasteiger partial charge in [0.15, 0.2) is 0 Å². The molecular formula is C41H42O6. The van der Waals surface area contributed by atoms with Crippen molar-refractivity contribution in [3.63, 3.8) is 0 Å². The third kappa shape index (κ3) is 5.68. The summed E-state index contributed by atoms with van der Waals surface area (Å²) in [7, 11) is 8.53. The van der Waals surface area contributed by atoms with Gasteiger partial charge in [0.05, 0.1) is 48.8 Å². The summed E-state index contributed by atoms with van der Waals surface area (Å²) in [6, 6.07) is 29.0. The Morgan fingerprint density at radius 2 is 0.723 bits per heavy atom. The summed E-state index contributed by atoms with van der Waals surface area (Å²) in [5.41, 5.74) is 10.1. The van der Waals surface area contributed by atoms with E-state index in [2.05, 4.69) is 81.4 Å². The van der Waals surface area contributed by atoms with Crippen molar-refractivity contribution in [1.29, 1.82) is 0 Å². The zero-order chi connectivity index (χ0) is 33.3. The summed E-state index contributed by atoms with van der Waals surface area (Å²) in [6.45, 7) is 7.34. The molecule has 242 valence electrons. The SMILES string of the molecule is COc1c2cccc1-c1cccc(c1OC)-c1cc(C(C)(C)C)cc(c1OC)-c1cccc(c1OC)-c1cccc(c1OC)COC2. The summed E-state index contributed by atoms with van der Waals surface area (Å²) in [6.07, 6.45) is 0. The van der Waals surface area contributed by atoms with Crippen molar-refractivity contribution in [2.24, 2.45) is 0 Å². The van der Waals surface area contributed by atoms with Crippen LogP contribution in [0.5, 0.6) is 28.7 Å². The highest BCUT2D eigenvalue weighted by molar-refractivity contribution is 5.94. The Balaban J connectivity index is 1.78. The highest BCUT2D eigenvalue weighted by atomic mass is 16.5. The van der Waals surface area contributed by atoms with E-state index in [0.717, 1.165) is 89.9 Å². The number of fused-ring (bicyclic) bond motifs is 14. The summed E-state index contributed by atoms with van der Waals surface area (Å²) < 4.78 is 37.2. The fourth-order valence-corrected chi connectivity index (χ4v) is 6.62. The van der Waals surface area contributed by atoms with Crippen LogP contribution in [-0.4, -0.2) is 35.5 Å². The first-order chi connectivity index (χ1) is 22.7. The summed E-state index contributed by atoms with van der Waals surface area (Å²) in [5, 5.41) is 0. The number of benzene rings is 5. The molecule has 0 aromatic heterocycles. The van der Waals surface area contributed by atoms with E-state index in [1.54, 1.807) is 35.5 Å². The second kappa shape index (κ2) is 13.0. The number of rotatable bonds is 5. The Hall–Kier alpha value is -4.94. The van der Waals surface area contributed by atoms with Gasteiger partial charge in [-0.1, -0.05) is 93.6 Å². The van der Waals surface area contributed by atoms with Gasteiger partial charge < -0.3 is 28.4 Å². The van der Waals surface area contributed by atoms with E-state index in [4.69, 9.17) is 28.4 Å². The van der Waals surface area contributed by atoms with Crippen molar-refractivity contribution >= 4 is 0 Å². The monoisotopic (exact) mass is 630 g/mol. The average molecular weight is 631 g/mol. The minimum Gasteiger partial charge on any atom is -0.496 e. The highest BCUT2D eigenvalue weighted by Crippen LogP contribution is 2.52. The van der Waals surface area contributed by atoms with E-state index in [0.29, 0.717) is 13.2 Å². The normalized spacial score (nSPS) is 12.4. The van der Waals surface area contributed by atoms with E-state index in [9.17, 15) is 0 Å². The maximum absolute atomic E-state index is 6.33. The average Bonchev–Trinajstić information content (AvgIpc) is 3.09. The molecule has 5 aromatic rings. The molecule has 0 amide bonds. The molecule has 6 heteroatoms. The molecule has 0 N–H and O–H groups in total. The zero-order valence-electron chi connectivity index (χ0n) is 28.4. The summed E-state index contributed by atoms with van der Waals surface area (Å²) in [4.78, 5) is 0. The van der Waals surface area contributed by atoms with Crippen LogP contribution in [0.15, 0.2) is 84.9 Å². The number of ether oxygens (including phenoxy) is 6. The predicted molar refractivity (Wildman–Crippen MR) is 188 cm³/mol. The molecule has 0 fully saturated rings. The number of hydrogen-bond donors (Lipinski definition) is 0. The first-order valence-electron chi connectivity index (χ1n) is 15.7. The number of para-hydroxylation sites is 4. The van der Waals surface area contributed by atoms with Gasteiger partial charge in [0.2, 0.25) is 0 Å². The third-order valence-electron chi connectivity index (χ3n) is 8.87. The molecule has 10 bridgehead atoms. The van der Waals surface area contributed by atoms with E-state index < -0.39 is 0 Å². The molecule has 0 aliphatic carbocycles. The molecule has 0 saturated carbocycles. The Morgan fingerprint density at radius 1 is 0.426 bits per heavy atom. The fourth-order valence-electron chi connectivity index (χ4n) is 6.62. The Morgan fingerprint density at radius 3 is 1.06 bits per heavy atom. The summed E-state index contributed by atoms with van der Waals surface area (Å²) >= 11 is 0. The minimum absolute atomic E-state index is 0.169. The molecule has 5 aromatic carbocycles. The topological polar surface area (TPSA) is 55.4 Å². The molecule has 6 rings (SSSR count). The van der Waals surface area contributed by atoms with E-state index >= 15 is 0 Å². The molecule has 0 unspecified atom stereocenters. The van der Waals surface area contributed by atoms with Crippen molar-refractivity contribution in [1.82, 2.24) is 0 Å². The molecule has 47 heavy (non-hydrogen) atoms. The lowest BCUT2D eigenvalue weighted by atomic mass is 9.81. The van der Waals surface area contributed by atoms with Crippen LogP contribution in [0.4, 0.5) is 0 Å². The molecule has 0 radical (unpaired) electrons. The minimum atomic E-state index is -0.169. The first kappa shape index (κ1) is 32.0. The van der Waals surface area contributed by atoms with E-state index in [1.165, 1.54) is 0 Å². The second-order valence-electron chi connectivity index (χ2n) is 12.6. The van der Waals surface area contributed by atoms with E-state index in [1.807, 2.05) is 24.3 Å². The van der Waals surface area contributed by atoms with Crippen molar-refractivity contribution in [2.45, 2.75) is 39.4 Å². The van der Waals surface area contributed by atoms with Gasteiger partial charge in [-0.25, -0.2) is 0 Å². The Bertz CT molecular complexity index is 1810. The van der Waals surface area contributed by atoms with Crippen LogP contribution < -0.4 is 23.7 Å². The third-order valence-corrected chi connectivity index (χ3v) is 8.87. The number of methoxy groups -OCH3 is 5. The van der Waals surface area contributed by atoms with Gasteiger partial charge in [0.1, 0.15) is 28.7 Å². The van der Waals surface area contributed by atoms with Gasteiger partial charge in [0.25, 0.3) is 0 Å². The van der Waals surface area contributed by atoms with Crippen LogP contribution in [0.25, 0.3) is 44.5 Å². The lowest BCUT2D eigenvalue weighted by Gasteiger charge is -2.26. The smallest absolute Gasteiger partial charge is 0.134 e. The van der Waals surface area contributed by atoms with Crippen molar-refractivity contribution < 1.29 is 28.4 Å². The van der Waals surface area contributed by atoms with Gasteiger partial charge in [-0.15, -0.1) is 0 Å². The molecule has 0 saturated heterocycles. The fraction of sp³-hybridized carbons (Fsp3) is 0.268. The van der Waals surface area contributed by atoms with E-state index in [-0.39, 0.29) is 5.41 Å². The van der Waals surface area contributed by atoms with Crippen LogP contribution in [0.3, 0.4) is 0 Å². The van der Waals surface area contributed by atoms with Crippen LogP contribution in [-0.2, 0) is 23.4 Å². The van der Waals surface area contributed by atoms with Gasteiger partial charge in [-0.3, -0.25) is 0 Å². The van der Waals surface area contributed by atoms with Gasteiger partial charge >= 0.3 is 0 Å². The predicted octanol–water partition coefficient (Wildman–Crippen LogP) is 9.73. The maximum atomic E-state index is 6.33. The number of hydrogen-bond acceptors (Lipinski definition) is 6. The van der Waals surface area contributed by atoms with Crippen LogP contribution >= 0.6 is 0 Å². The maximum Gasteiger partial charge on any atom is 0.134 e. The molecule has 0 spiro atoms. The standard InChI is InChI=1S/C41H42O6/c1-41(2,3)27-21-34-32-19-11-17-30(38(32)44-6)28-15-9-13-25(36(28)42-4)23-47-24-26-14-10-16-29(37(26)43-5)31-18-12-20-33(39(31)45-7)35(22-27)40(34)46-8/h9-22H,23-24H2,1-8H3. The zero-order valence-corrected chi connectivity index (χ0v) is 28.4. The van der Waals surface area contributed by atoms with Crippen molar-refractivity contribution in [3.8, 4) is 73.3 Å². The van der Waals surface area contributed by atoms with Crippen molar-refractivity contribution in [3.05, 3.63) is 102 Å².